The summed E-state index contributed by atoms with van der Waals surface area (Å²) in [6.07, 6.45) is 6.76. The molecule has 0 heterocycles. The van der Waals surface area contributed by atoms with Gasteiger partial charge in [-0.05, 0) is 138 Å². The van der Waals surface area contributed by atoms with E-state index in [2.05, 4.69) is 195 Å². The Balaban J connectivity index is 1.14. The minimum absolute atomic E-state index is 0.0558. The van der Waals surface area contributed by atoms with Crippen LogP contribution in [0.3, 0.4) is 0 Å². The first-order chi connectivity index (χ1) is 27.0. The van der Waals surface area contributed by atoms with Gasteiger partial charge in [0.2, 0.25) is 0 Å². The molecule has 12 rings (SSSR count). The molecule has 4 aliphatic rings. The molecular weight excluding hydrogens is 663 g/mol. The molecule has 0 fully saturated rings. The van der Waals surface area contributed by atoms with Crippen molar-refractivity contribution in [2.45, 2.75) is 37.5 Å². The molecule has 1 nitrogen and oxygen atoms in total. The van der Waals surface area contributed by atoms with Crippen molar-refractivity contribution < 1.29 is 0 Å². The Hall–Kier alpha value is -6.44. The van der Waals surface area contributed by atoms with E-state index in [4.69, 9.17) is 0 Å². The predicted molar refractivity (Wildman–Crippen MR) is 230 cm³/mol. The predicted octanol–water partition coefficient (Wildman–Crippen LogP) is 13.9. The Bertz CT molecular complexity index is 2910. The maximum Gasteiger partial charge on any atom is 0.0726 e. The van der Waals surface area contributed by atoms with Crippen molar-refractivity contribution in [1.29, 1.82) is 0 Å². The molecule has 0 bridgehead atoms. The molecule has 1 spiro atoms. The maximum atomic E-state index is 2.52. The summed E-state index contributed by atoms with van der Waals surface area (Å²) in [4.78, 5) is 2.52. The molecule has 0 aromatic heterocycles. The zero-order chi connectivity index (χ0) is 36.5. The lowest BCUT2D eigenvalue weighted by atomic mass is 9.70. The summed E-state index contributed by atoms with van der Waals surface area (Å²) in [7, 11) is 0. The van der Waals surface area contributed by atoms with Crippen molar-refractivity contribution >= 4 is 33.9 Å². The molecule has 0 radical (unpaired) electrons. The van der Waals surface area contributed by atoms with E-state index >= 15 is 0 Å². The molecule has 0 saturated carbocycles. The van der Waals surface area contributed by atoms with Crippen LogP contribution in [0, 0.1) is 0 Å². The van der Waals surface area contributed by atoms with E-state index in [1.807, 2.05) is 0 Å². The van der Waals surface area contributed by atoms with Crippen LogP contribution >= 0.6 is 0 Å². The van der Waals surface area contributed by atoms with Crippen LogP contribution in [0.15, 0.2) is 170 Å². The van der Waals surface area contributed by atoms with Crippen molar-refractivity contribution in [3.05, 3.63) is 214 Å². The van der Waals surface area contributed by atoms with E-state index in [0.717, 1.165) is 12.8 Å². The van der Waals surface area contributed by atoms with Gasteiger partial charge in [-0.1, -0.05) is 153 Å². The van der Waals surface area contributed by atoms with Crippen molar-refractivity contribution in [1.82, 2.24) is 0 Å². The third kappa shape index (κ3) is 4.03. The zero-order valence-corrected chi connectivity index (χ0v) is 31.1. The molecule has 0 aliphatic heterocycles. The smallest absolute Gasteiger partial charge is 0.0726 e. The average Bonchev–Trinajstić information content (AvgIpc) is 3.79. The molecule has 0 amide bonds. The Morgan fingerprint density at radius 1 is 0.436 bits per heavy atom. The summed E-state index contributed by atoms with van der Waals surface area (Å²) >= 11 is 0. The van der Waals surface area contributed by atoms with Gasteiger partial charge in [-0.25, -0.2) is 0 Å². The van der Waals surface area contributed by atoms with Crippen molar-refractivity contribution in [3.8, 4) is 33.4 Å². The number of benzene rings is 8. The largest absolute Gasteiger partial charge is 0.310 e. The fraction of sp³-hybridized carbons (Fsp3) is 0.111. The fourth-order valence-electron chi connectivity index (χ4n) is 10.9. The number of aryl methyl sites for hydroxylation is 1. The standard InChI is InChI=1S/C54H39N/c1-53(2)47-19-9-5-18-43(47)46-32-37(28-30-48(46)53)55(36-26-25-35-24-23-34-13-3-4-14-39(34)45(35)31-36)38-27-29-44-42-17-8-12-22-51(42)54(52(44)33-38)49-20-10-6-15-40(49)41-16-7-11-21-50(41)54/h3,5-13,15-33H,4,14H2,1-2H3. The molecule has 1 heteroatoms. The van der Waals surface area contributed by atoms with Gasteiger partial charge >= 0.3 is 0 Å². The van der Waals surface area contributed by atoms with E-state index in [-0.39, 0.29) is 5.41 Å². The molecule has 55 heavy (non-hydrogen) atoms. The second kappa shape index (κ2) is 11.1. The topological polar surface area (TPSA) is 3.24 Å². The Kier molecular flexibility index (Phi) is 6.23. The van der Waals surface area contributed by atoms with Crippen molar-refractivity contribution in [3.63, 3.8) is 0 Å². The second-order valence-electron chi connectivity index (χ2n) is 16.3. The number of allylic oxidation sites excluding steroid dienone is 1. The van der Waals surface area contributed by atoms with Crippen molar-refractivity contribution in [2.75, 3.05) is 4.90 Å². The van der Waals surface area contributed by atoms with E-state index < -0.39 is 5.41 Å². The van der Waals surface area contributed by atoms with Crippen LogP contribution in [0.4, 0.5) is 17.1 Å². The molecule has 0 unspecified atom stereocenters. The highest BCUT2D eigenvalue weighted by Crippen LogP contribution is 2.63. The van der Waals surface area contributed by atoms with Crippen LogP contribution in [0.25, 0.3) is 50.2 Å². The number of hydrogen-bond acceptors (Lipinski definition) is 1. The van der Waals surface area contributed by atoms with Gasteiger partial charge in [0.05, 0.1) is 5.41 Å². The maximum absolute atomic E-state index is 2.52. The van der Waals surface area contributed by atoms with Gasteiger partial charge in [0.1, 0.15) is 0 Å². The van der Waals surface area contributed by atoms with Crippen LogP contribution in [0.2, 0.25) is 0 Å². The number of rotatable bonds is 3. The van der Waals surface area contributed by atoms with Crippen LogP contribution in [0.5, 0.6) is 0 Å². The molecule has 8 aromatic carbocycles. The number of anilines is 3. The van der Waals surface area contributed by atoms with E-state index in [1.165, 1.54) is 106 Å². The molecule has 8 aromatic rings. The molecule has 4 aliphatic carbocycles. The summed E-state index contributed by atoms with van der Waals surface area (Å²) < 4.78 is 0. The van der Waals surface area contributed by atoms with Gasteiger partial charge in [-0.15, -0.1) is 0 Å². The molecule has 260 valence electrons. The monoisotopic (exact) mass is 701 g/mol. The Morgan fingerprint density at radius 2 is 0.945 bits per heavy atom. The van der Waals surface area contributed by atoms with Crippen molar-refractivity contribution in [2.24, 2.45) is 0 Å². The Labute approximate surface area is 322 Å². The first-order valence-corrected chi connectivity index (χ1v) is 19.7. The first-order valence-electron chi connectivity index (χ1n) is 19.7. The lowest BCUT2D eigenvalue weighted by Gasteiger charge is -2.32. The zero-order valence-electron chi connectivity index (χ0n) is 31.1. The number of nitrogens with zero attached hydrogens (tertiary/aromatic N) is 1. The van der Waals surface area contributed by atoms with Crippen LogP contribution < -0.4 is 4.90 Å². The fourth-order valence-corrected chi connectivity index (χ4v) is 10.9. The van der Waals surface area contributed by atoms with Crippen LogP contribution in [-0.2, 0) is 17.3 Å². The molecule has 0 atom stereocenters. The Morgan fingerprint density at radius 3 is 1.64 bits per heavy atom. The van der Waals surface area contributed by atoms with Gasteiger partial charge in [0.25, 0.3) is 0 Å². The van der Waals surface area contributed by atoms with Crippen LogP contribution in [0.1, 0.15) is 64.8 Å². The summed E-state index contributed by atoms with van der Waals surface area (Å²) in [6.45, 7) is 4.73. The van der Waals surface area contributed by atoms with Gasteiger partial charge in [-0.2, -0.15) is 0 Å². The number of hydrogen-bond donors (Lipinski definition) is 0. The van der Waals surface area contributed by atoms with E-state index in [1.54, 1.807) is 0 Å². The summed E-state index contributed by atoms with van der Waals surface area (Å²) in [5, 5.41) is 2.64. The average molecular weight is 702 g/mol. The van der Waals surface area contributed by atoms with E-state index in [9.17, 15) is 0 Å². The lowest BCUT2D eigenvalue weighted by molar-refractivity contribution is 0.660. The summed E-state index contributed by atoms with van der Waals surface area (Å²) in [5.41, 5.74) is 22.1. The highest BCUT2D eigenvalue weighted by molar-refractivity contribution is 5.98. The summed E-state index contributed by atoms with van der Waals surface area (Å²) in [6, 6.07) is 62.4. The third-order valence-corrected chi connectivity index (χ3v) is 13.3. The first kappa shape index (κ1) is 31.0. The third-order valence-electron chi connectivity index (χ3n) is 13.3. The summed E-state index contributed by atoms with van der Waals surface area (Å²) in [5.74, 6) is 0. The molecule has 0 N–H and O–H groups in total. The highest BCUT2D eigenvalue weighted by atomic mass is 15.1. The number of fused-ring (bicyclic) bond motifs is 16. The minimum Gasteiger partial charge on any atom is -0.310 e. The normalized spacial score (nSPS) is 15.5. The van der Waals surface area contributed by atoms with E-state index in [0.29, 0.717) is 0 Å². The second-order valence-corrected chi connectivity index (χ2v) is 16.3. The molecular formula is C54H39N. The van der Waals surface area contributed by atoms with Gasteiger partial charge in [0.15, 0.2) is 0 Å². The van der Waals surface area contributed by atoms with Gasteiger partial charge in [0, 0.05) is 22.5 Å². The molecule has 0 saturated heterocycles. The van der Waals surface area contributed by atoms with Crippen LogP contribution in [-0.4, -0.2) is 0 Å². The van der Waals surface area contributed by atoms with Gasteiger partial charge in [-0.3, -0.25) is 0 Å². The highest BCUT2D eigenvalue weighted by Gasteiger charge is 2.51. The SMILES string of the molecule is CC1(C)c2ccccc2-c2cc(N(c3ccc4c(c3)C3(c5ccccc5-c5ccccc53)c3ccccc3-4)c3ccc4ccc5c(c4c3)CCC=C5)ccc21. The van der Waals surface area contributed by atoms with Gasteiger partial charge < -0.3 is 4.90 Å². The minimum atomic E-state index is -0.406. The quantitative estimate of drug-likeness (QED) is 0.177. The lowest BCUT2D eigenvalue weighted by Crippen LogP contribution is -2.26.